The van der Waals surface area contributed by atoms with Crippen LogP contribution in [0.1, 0.15) is 25.7 Å². The zero-order valence-corrected chi connectivity index (χ0v) is 8.81. The molecule has 0 aromatic rings. The van der Waals surface area contributed by atoms with Crippen LogP contribution in [0.3, 0.4) is 0 Å². The van der Waals surface area contributed by atoms with Gasteiger partial charge < -0.3 is 0 Å². The molecule has 1 aliphatic carbocycles. The van der Waals surface area contributed by atoms with Crippen LogP contribution < -0.4 is 4.72 Å². The van der Waals surface area contributed by atoms with Crippen molar-refractivity contribution in [3.8, 4) is 0 Å². The Morgan fingerprint density at radius 1 is 1.46 bits per heavy atom. The molecule has 1 aliphatic rings. The molecule has 0 aromatic heterocycles. The zero-order chi connectivity index (χ0) is 9.90. The van der Waals surface area contributed by atoms with E-state index in [1.807, 2.05) is 6.08 Å². The Bertz CT molecular complexity index is 271. The first-order chi connectivity index (χ1) is 6.10. The molecule has 0 radical (unpaired) electrons. The van der Waals surface area contributed by atoms with Crippen LogP contribution in [0.15, 0.2) is 12.7 Å². The lowest BCUT2D eigenvalue weighted by Gasteiger charge is -2.26. The highest BCUT2D eigenvalue weighted by Gasteiger charge is 2.29. The molecule has 0 amide bonds. The number of hydrogen-bond donors (Lipinski definition) is 1. The minimum Gasteiger partial charge on any atom is -0.218 e. The second-order valence-corrected chi connectivity index (χ2v) is 5.70. The average Bonchev–Trinajstić information content (AvgIpc) is 2.18. The molecule has 1 rings (SSSR count). The van der Waals surface area contributed by atoms with Crippen LogP contribution in [0.5, 0.6) is 0 Å². The van der Waals surface area contributed by atoms with E-state index in [0.29, 0.717) is 5.92 Å². The van der Waals surface area contributed by atoms with Gasteiger partial charge >= 0.3 is 0 Å². The summed E-state index contributed by atoms with van der Waals surface area (Å²) in [6.07, 6.45) is 5.46. The predicted octanol–water partition coefficient (Wildman–Crippen LogP) is 1.28. The Hall–Kier alpha value is -0.350. The van der Waals surface area contributed by atoms with Crippen LogP contribution >= 0.6 is 0 Å². The summed E-state index contributed by atoms with van der Waals surface area (Å²) < 4.78 is 25.3. The minimum absolute atomic E-state index is 0.214. The maximum absolute atomic E-state index is 11.5. The number of nitrogens with one attached hydrogen (secondary N) is 1. The van der Waals surface area contributed by atoms with Gasteiger partial charge in [-0.3, -0.25) is 0 Å². The summed E-state index contributed by atoms with van der Waals surface area (Å²) in [6, 6.07) is 0. The molecule has 4 heteroatoms. The highest BCUT2D eigenvalue weighted by atomic mass is 32.2. The van der Waals surface area contributed by atoms with Gasteiger partial charge in [-0.25, -0.2) is 13.1 Å². The Kier molecular flexibility index (Phi) is 3.50. The Labute approximate surface area is 80.3 Å². The van der Waals surface area contributed by atoms with Gasteiger partial charge in [-0.1, -0.05) is 12.5 Å². The lowest BCUT2D eigenvalue weighted by atomic mass is 9.89. The molecule has 0 bridgehead atoms. The second-order valence-electron chi connectivity index (χ2n) is 3.53. The fourth-order valence-electron chi connectivity index (χ4n) is 1.84. The molecule has 0 aliphatic heterocycles. The summed E-state index contributed by atoms with van der Waals surface area (Å²) in [5.74, 6) is 0.377. The van der Waals surface area contributed by atoms with Gasteiger partial charge in [0.05, 0.1) is 5.25 Å². The van der Waals surface area contributed by atoms with E-state index >= 15 is 0 Å². The third kappa shape index (κ3) is 2.54. The van der Waals surface area contributed by atoms with Crippen molar-refractivity contribution in [2.24, 2.45) is 5.92 Å². The lowest BCUT2D eigenvalue weighted by Crippen LogP contribution is -2.35. The molecule has 0 aromatic carbocycles. The molecule has 1 fully saturated rings. The monoisotopic (exact) mass is 203 g/mol. The topological polar surface area (TPSA) is 46.2 Å². The van der Waals surface area contributed by atoms with Crippen molar-refractivity contribution in [3.63, 3.8) is 0 Å². The van der Waals surface area contributed by atoms with Crippen LogP contribution in [0.2, 0.25) is 0 Å². The van der Waals surface area contributed by atoms with E-state index in [1.165, 1.54) is 7.05 Å². The molecule has 1 N–H and O–H groups in total. The molecule has 1 saturated carbocycles. The summed E-state index contributed by atoms with van der Waals surface area (Å²) >= 11 is 0. The fraction of sp³-hybridized carbons (Fsp3) is 0.778. The summed E-state index contributed by atoms with van der Waals surface area (Å²) in [6.45, 7) is 3.71. The smallest absolute Gasteiger partial charge is 0.214 e. The van der Waals surface area contributed by atoms with E-state index in [4.69, 9.17) is 0 Å². The molecule has 0 spiro atoms. The van der Waals surface area contributed by atoms with Crippen LogP contribution in [0.25, 0.3) is 0 Å². The van der Waals surface area contributed by atoms with Gasteiger partial charge in [-0.15, -0.1) is 6.58 Å². The molecule has 76 valence electrons. The summed E-state index contributed by atoms with van der Waals surface area (Å²) in [5.41, 5.74) is 0. The minimum atomic E-state index is -3.06. The summed E-state index contributed by atoms with van der Waals surface area (Å²) in [4.78, 5) is 0. The Morgan fingerprint density at radius 2 is 2.15 bits per heavy atom. The largest absolute Gasteiger partial charge is 0.218 e. The lowest BCUT2D eigenvalue weighted by molar-refractivity contribution is 0.412. The van der Waals surface area contributed by atoms with Gasteiger partial charge in [0.1, 0.15) is 0 Å². The molecule has 0 saturated heterocycles. The van der Waals surface area contributed by atoms with Crippen molar-refractivity contribution in [3.05, 3.63) is 12.7 Å². The quantitative estimate of drug-likeness (QED) is 0.702. The van der Waals surface area contributed by atoms with E-state index in [1.54, 1.807) is 0 Å². The maximum atomic E-state index is 11.5. The van der Waals surface area contributed by atoms with E-state index < -0.39 is 10.0 Å². The molecule has 3 nitrogen and oxygen atoms in total. The first kappa shape index (κ1) is 10.7. The van der Waals surface area contributed by atoms with Crippen LogP contribution in [0, 0.1) is 5.92 Å². The highest BCUT2D eigenvalue weighted by Crippen LogP contribution is 2.28. The van der Waals surface area contributed by atoms with Crippen molar-refractivity contribution in [2.45, 2.75) is 30.9 Å². The van der Waals surface area contributed by atoms with Crippen molar-refractivity contribution in [1.29, 1.82) is 0 Å². The summed E-state index contributed by atoms with van der Waals surface area (Å²) in [7, 11) is -1.58. The number of sulfonamides is 1. The third-order valence-electron chi connectivity index (χ3n) is 2.72. The van der Waals surface area contributed by atoms with Crippen LogP contribution in [0.4, 0.5) is 0 Å². The molecule has 13 heavy (non-hydrogen) atoms. The van der Waals surface area contributed by atoms with Gasteiger partial charge in [-0.2, -0.15) is 0 Å². The van der Waals surface area contributed by atoms with Gasteiger partial charge in [0, 0.05) is 0 Å². The van der Waals surface area contributed by atoms with E-state index in [-0.39, 0.29) is 5.25 Å². The van der Waals surface area contributed by atoms with Crippen molar-refractivity contribution < 1.29 is 8.42 Å². The van der Waals surface area contributed by atoms with Crippen molar-refractivity contribution in [1.82, 2.24) is 4.72 Å². The normalized spacial score (nSPS) is 29.9. The second kappa shape index (κ2) is 4.24. The first-order valence-corrected chi connectivity index (χ1v) is 6.19. The van der Waals surface area contributed by atoms with Crippen molar-refractivity contribution in [2.75, 3.05) is 7.05 Å². The maximum Gasteiger partial charge on any atom is 0.214 e. The number of allylic oxidation sites excluding steroid dienone is 1. The molecule has 0 heterocycles. The standard InChI is InChI=1S/C9H17NO2S/c1-3-8-5-4-6-9(7-8)13(11,12)10-2/h3,8-10H,1,4-7H2,2H3. The summed E-state index contributed by atoms with van der Waals surface area (Å²) in [5, 5.41) is -0.214. The van der Waals surface area contributed by atoms with E-state index in [2.05, 4.69) is 11.3 Å². The zero-order valence-electron chi connectivity index (χ0n) is 7.99. The van der Waals surface area contributed by atoms with E-state index in [9.17, 15) is 8.42 Å². The van der Waals surface area contributed by atoms with Crippen molar-refractivity contribution >= 4 is 10.0 Å². The molecular formula is C9H17NO2S. The molecule has 2 unspecified atom stereocenters. The van der Waals surface area contributed by atoms with Crippen LogP contribution in [-0.2, 0) is 10.0 Å². The highest BCUT2D eigenvalue weighted by molar-refractivity contribution is 7.90. The molecule has 2 atom stereocenters. The van der Waals surface area contributed by atoms with E-state index in [0.717, 1.165) is 25.7 Å². The first-order valence-electron chi connectivity index (χ1n) is 4.65. The van der Waals surface area contributed by atoms with Gasteiger partial charge in [0.25, 0.3) is 0 Å². The Balaban J connectivity index is 2.66. The number of hydrogen-bond acceptors (Lipinski definition) is 2. The predicted molar refractivity (Wildman–Crippen MR) is 53.9 cm³/mol. The third-order valence-corrected chi connectivity index (χ3v) is 4.60. The SMILES string of the molecule is C=CC1CCCC(S(=O)(=O)NC)C1. The average molecular weight is 203 g/mol. The van der Waals surface area contributed by atoms with Gasteiger partial charge in [0.15, 0.2) is 0 Å². The number of rotatable bonds is 3. The van der Waals surface area contributed by atoms with Gasteiger partial charge in [0.2, 0.25) is 10.0 Å². The van der Waals surface area contributed by atoms with Crippen LogP contribution in [-0.4, -0.2) is 20.7 Å². The Morgan fingerprint density at radius 3 is 2.69 bits per heavy atom. The fourth-order valence-corrected chi connectivity index (χ4v) is 3.15. The van der Waals surface area contributed by atoms with Gasteiger partial charge in [-0.05, 0) is 32.2 Å². The molecular weight excluding hydrogens is 186 g/mol.